The van der Waals surface area contributed by atoms with Crippen LogP contribution in [-0.2, 0) is 0 Å². The second-order valence-electron chi connectivity index (χ2n) is 1.90. The Balaban J connectivity index is 3.07. The van der Waals surface area contributed by atoms with E-state index in [2.05, 4.69) is 12.8 Å². The summed E-state index contributed by atoms with van der Waals surface area (Å²) >= 11 is 1.78. The Hall–Kier alpha value is -0.130. The van der Waals surface area contributed by atoms with Gasteiger partial charge in [0.25, 0.3) is 0 Å². The summed E-state index contributed by atoms with van der Waals surface area (Å²) in [5, 5.41) is 0.617. The van der Waals surface area contributed by atoms with E-state index in [0.29, 0.717) is 5.25 Å². The molecule has 0 aliphatic rings. The van der Waals surface area contributed by atoms with Crippen LogP contribution >= 0.6 is 11.8 Å². The van der Waals surface area contributed by atoms with Crippen LogP contribution in [0.15, 0.2) is 0 Å². The van der Waals surface area contributed by atoms with Gasteiger partial charge in [-0.1, -0.05) is 12.8 Å². The topological polar surface area (TPSA) is 26.0 Å². The minimum atomic E-state index is 0.617. The van der Waals surface area contributed by atoms with E-state index < -0.39 is 0 Å². The van der Waals surface area contributed by atoms with Gasteiger partial charge in [-0.15, -0.1) is 18.2 Å². The summed E-state index contributed by atoms with van der Waals surface area (Å²) in [7, 11) is 0. The van der Waals surface area contributed by atoms with Crippen LogP contribution in [0.25, 0.3) is 0 Å². The summed E-state index contributed by atoms with van der Waals surface area (Å²) in [5.41, 5.74) is 5.34. The molecule has 0 aliphatic carbocycles. The zero-order chi connectivity index (χ0) is 7.11. The van der Waals surface area contributed by atoms with E-state index in [1.807, 2.05) is 0 Å². The van der Waals surface area contributed by atoms with E-state index in [4.69, 9.17) is 12.2 Å². The van der Waals surface area contributed by atoms with E-state index in [1.165, 1.54) is 0 Å². The van der Waals surface area contributed by atoms with Crippen molar-refractivity contribution in [1.29, 1.82) is 0 Å². The van der Waals surface area contributed by atoms with Crippen LogP contribution in [0.4, 0.5) is 0 Å². The van der Waals surface area contributed by atoms with Gasteiger partial charge in [0.15, 0.2) is 0 Å². The zero-order valence-electron chi connectivity index (χ0n) is 5.76. The van der Waals surface area contributed by atoms with Crippen molar-refractivity contribution in [3.63, 3.8) is 0 Å². The number of terminal acetylenes is 1. The van der Waals surface area contributed by atoms with Gasteiger partial charge in [0.1, 0.15) is 0 Å². The maximum absolute atomic E-state index is 5.34. The summed E-state index contributed by atoms with van der Waals surface area (Å²) in [6.07, 6.45) is 6.13. The molecule has 0 radical (unpaired) electrons. The van der Waals surface area contributed by atoms with Crippen LogP contribution in [0.2, 0.25) is 0 Å². The Labute approximate surface area is 61.4 Å². The lowest BCUT2D eigenvalue weighted by molar-refractivity contribution is 0.824. The third-order valence-electron chi connectivity index (χ3n) is 1.02. The van der Waals surface area contributed by atoms with Gasteiger partial charge in [0, 0.05) is 5.25 Å². The molecule has 0 saturated carbocycles. The lowest BCUT2D eigenvalue weighted by Crippen LogP contribution is -2.07. The van der Waals surface area contributed by atoms with Crippen molar-refractivity contribution >= 4 is 11.8 Å². The maximum Gasteiger partial charge on any atom is 0.0547 e. The second kappa shape index (κ2) is 6.00. The van der Waals surface area contributed by atoms with Crippen molar-refractivity contribution in [2.24, 2.45) is 5.73 Å². The molecule has 0 fully saturated rings. The molecule has 0 rings (SSSR count). The first-order valence-corrected chi connectivity index (χ1v) is 4.11. The summed E-state index contributed by atoms with van der Waals surface area (Å²) in [4.78, 5) is 0. The van der Waals surface area contributed by atoms with E-state index in [9.17, 15) is 0 Å². The quantitative estimate of drug-likeness (QED) is 0.596. The van der Waals surface area contributed by atoms with Crippen LogP contribution in [0.5, 0.6) is 0 Å². The first kappa shape index (κ1) is 8.87. The molecular weight excluding hydrogens is 130 g/mol. The minimum Gasteiger partial charge on any atom is -0.330 e. The van der Waals surface area contributed by atoms with E-state index in [1.54, 1.807) is 11.8 Å². The molecule has 0 aliphatic heterocycles. The van der Waals surface area contributed by atoms with Crippen LogP contribution in [0, 0.1) is 12.3 Å². The molecule has 0 amide bonds. The Bertz CT molecular complexity index is 95.6. The third kappa shape index (κ3) is 5.75. The molecule has 0 saturated heterocycles. The molecule has 52 valence electrons. The van der Waals surface area contributed by atoms with Crippen molar-refractivity contribution in [3.05, 3.63) is 0 Å². The SMILES string of the molecule is C#CCSC(C)CCN. The van der Waals surface area contributed by atoms with Gasteiger partial charge in [-0.3, -0.25) is 0 Å². The van der Waals surface area contributed by atoms with Gasteiger partial charge < -0.3 is 5.73 Å². The van der Waals surface area contributed by atoms with Gasteiger partial charge in [-0.25, -0.2) is 0 Å². The van der Waals surface area contributed by atoms with Gasteiger partial charge in [0.2, 0.25) is 0 Å². The summed E-state index contributed by atoms with van der Waals surface area (Å²) in [6.45, 7) is 2.91. The Morgan fingerprint density at radius 3 is 2.89 bits per heavy atom. The molecule has 1 unspecified atom stereocenters. The first-order valence-electron chi connectivity index (χ1n) is 3.06. The van der Waals surface area contributed by atoms with Crippen LogP contribution < -0.4 is 5.73 Å². The van der Waals surface area contributed by atoms with Crippen molar-refractivity contribution in [2.75, 3.05) is 12.3 Å². The number of hydrogen-bond acceptors (Lipinski definition) is 2. The highest BCUT2D eigenvalue weighted by Crippen LogP contribution is 2.11. The van der Waals surface area contributed by atoms with Gasteiger partial charge in [-0.05, 0) is 13.0 Å². The molecule has 0 heterocycles. The number of rotatable bonds is 4. The molecule has 2 heteroatoms. The lowest BCUT2D eigenvalue weighted by Gasteiger charge is -2.05. The van der Waals surface area contributed by atoms with Crippen LogP contribution in [-0.4, -0.2) is 17.5 Å². The molecule has 1 atom stereocenters. The molecule has 0 aromatic rings. The van der Waals surface area contributed by atoms with E-state index >= 15 is 0 Å². The molecule has 2 N–H and O–H groups in total. The Morgan fingerprint density at radius 1 is 1.78 bits per heavy atom. The smallest absolute Gasteiger partial charge is 0.0547 e. The van der Waals surface area contributed by atoms with E-state index in [0.717, 1.165) is 18.7 Å². The summed E-state index contributed by atoms with van der Waals surface area (Å²) < 4.78 is 0. The molecule has 0 aromatic carbocycles. The van der Waals surface area contributed by atoms with Gasteiger partial charge >= 0.3 is 0 Å². The highest BCUT2D eigenvalue weighted by molar-refractivity contribution is 8.00. The average Bonchev–Trinajstić information content (AvgIpc) is 1.85. The second-order valence-corrected chi connectivity index (χ2v) is 3.33. The molecule has 9 heavy (non-hydrogen) atoms. The summed E-state index contributed by atoms with van der Waals surface area (Å²) in [6, 6.07) is 0. The fraction of sp³-hybridized carbons (Fsp3) is 0.714. The number of thioether (sulfide) groups is 1. The molecule has 0 aromatic heterocycles. The van der Waals surface area contributed by atoms with Gasteiger partial charge in [-0.2, -0.15) is 0 Å². The largest absolute Gasteiger partial charge is 0.330 e. The predicted octanol–water partition coefficient (Wildman–Crippen LogP) is 1.09. The fourth-order valence-electron chi connectivity index (χ4n) is 0.508. The Kier molecular flexibility index (Phi) is 5.91. The normalized spacial score (nSPS) is 12.6. The average molecular weight is 143 g/mol. The standard InChI is InChI=1S/C7H13NS/c1-3-6-9-7(2)4-5-8/h1,7H,4-6,8H2,2H3. The van der Waals surface area contributed by atoms with Crippen molar-refractivity contribution in [3.8, 4) is 12.3 Å². The zero-order valence-corrected chi connectivity index (χ0v) is 6.58. The number of hydrogen-bond donors (Lipinski definition) is 1. The monoisotopic (exact) mass is 143 g/mol. The fourth-order valence-corrected chi connectivity index (χ4v) is 1.19. The lowest BCUT2D eigenvalue weighted by atomic mass is 10.3. The van der Waals surface area contributed by atoms with Crippen molar-refractivity contribution < 1.29 is 0 Å². The highest BCUT2D eigenvalue weighted by atomic mass is 32.2. The third-order valence-corrected chi connectivity index (χ3v) is 2.16. The first-order chi connectivity index (χ1) is 4.31. The molecular formula is C7H13NS. The molecule has 0 bridgehead atoms. The van der Waals surface area contributed by atoms with Gasteiger partial charge in [0.05, 0.1) is 5.75 Å². The minimum absolute atomic E-state index is 0.617. The molecule has 1 nitrogen and oxygen atoms in total. The van der Waals surface area contributed by atoms with Crippen molar-refractivity contribution in [2.45, 2.75) is 18.6 Å². The highest BCUT2D eigenvalue weighted by Gasteiger charge is 1.97. The van der Waals surface area contributed by atoms with Crippen LogP contribution in [0.1, 0.15) is 13.3 Å². The number of nitrogens with two attached hydrogens (primary N) is 1. The van der Waals surface area contributed by atoms with E-state index in [-0.39, 0.29) is 0 Å². The summed E-state index contributed by atoms with van der Waals surface area (Å²) in [5.74, 6) is 3.39. The molecule has 0 spiro atoms. The maximum atomic E-state index is 5.34. The van der Waals surface area contributed by atoms with Crippen molar-refractivity contribution in [1.82, 2.24) is 0 Å². The van der Waals surface area contributed by atoms with Crippen LogP contribution in [0.3, 0.4) is 0 Å². The Morgan fingerprint density at radius 2 is 2.44 bits per heavy atom. The predicted molar refractivity (Wildman–Crippen MR) is 44.4 cm³/mol.